The maximum absolute atomic E-state index is 11.8. The molecule has 0 saturated carbocycles. The topological polar surface area (TPSA) is 89.8 Å². The first-order chi connectivity index (χ1) is 9.34. The average molecular weight is 302 g/mol. The second-order valence-electron chi connectivity index (χ2n) is 5.06. The van der Waals surface area contributed by atoms with E-state index < -0.39 is 5.60 Å². The molecule has 6 heteroatoms. The number of rotatable bonds is 7. The van der Waals surface area contributed by atoms with E-state index in [-0.39, 0.29) is 36.3 Å². The number of aromatic hydroxyl groups is 1. The van der Waals surface area contributed by atoms with E-state index in [4.69, 9.17) is 16.7 Å². The molecule has 0 aliphatic rings. The maximum Gasteiger partial charge on any atom is 0.224 e. The molecule has 1 aromatic rings. The van der Waals surface area contributed by atoms with E-state index in [9.17, 15) is 15.0 Å². The van der Waals surface area contributed by atoms with Gasteiger partial charge < -0.3 is 20.6 Å². The third-order valence-corrected chi connectivity index (χ3v) is 3.22. The Morgan fingerprint density at radius 3 is 2.75 bits per heavy atom. The van der Waals surface area contributed by atoms with Crippen LogP contribution in [0.2, 0.25) is 5.02 Å². The van der Waals surface area contributed by atoms with Crippen LogP contribution >= 0.6 is 11.6 Å². The van der Waals surface area contributed by atoms with Crippen LogP contribution in [0.1, 0.15) is 25.3 Å². The molecule has 0 fully saturated rings. The minimum Gasteiger partial charge on any atom is -0.506 e. The molecule has 0 unspecified atom stereocenters. The Hall–Kier alpha value is -1.30. The van der Waals surface area contributed by atoms with E-state index in [0.29, 0.717) is 18.4 Å². The van der Waals surface area contributed by atoms with Gasteiger partial charge in [-0.15, -0.1) is 0 Å². The number of phenolic OH excluding ortho intramolecular Hbond substituents is 1. The summed E-state index contributed by atoms with van der Waals surface area (Å²) in [5.74, 6) is -0.265. The molecular weight excluding hydrogens is 282 g/mol. The van der Waals surface area contributed by atoms with Gasteiger partial charge in [-0.1, -0.05) is 17.7 Å². The Kier molecular flexibility index (Phi) is 6.26. The number of aliphatic hydroxyl groups excluding tert-OH is 1. The van der Waals surface area contributed by atoms with Crippen LogP contribution in [0.4, 0.5) is 0 Å². The lowest BCUT2D eigenvalue weighted by atomic mass is 10.0. The molecule has 1 aromatic carbocycles. The van der Waals surface area contributed by atoms with Gasteiger partial charge in [0, 0.05) is 13.2 Å². The predicted octanol–water partition coefficient (Wildman–Crippen LogP) is 1.23. The van der Waals surface area contributed by atoms with Gasteiger partial charge in [-0.2, -0.15) is 0 Å². The minimum atomic E-state index is -1.04. The van der Waals surface area contributed by atoms with Crippen molar-refractivity contribution in [2.24, 2.45) is 0 Å². The summed E-state index contributed by atoms with van der Waals surface area (Å²) in [4.78, 5) is 11.8. The molecule has 20 heavy (non-hydrogen) atoms. The van der Waals surface area contributed by atoms with Crippen LogP contribution in [0.5, 0.6) is 5.75 Å². The monoisotopic (exact) mass is 301 g/mol. The summed E-state index contributed by atoms with van der Waals surface area (Å²) in [6, 6.07) is 4.58. The minimum absolute atomic E-state index is 0.0100. The quantitative estimate of drug-likeness (QED) is 0.610. The molecule has 5 nitrogen and oxygen atoms in total. The van der Waals surface area contributed by atoms with Gasteiger partial charge in [-0.25, -0.2) is 0 Å². The molecule has 4 N–H and O–H groups in total. The molecule has 0 aliphatic heterocycles. The van der Waals surface area contributed by atoms with Crippen LogP contribution < -0.4 is 5.32 Å². The van der Waals surface area contributed by atoms with Crippen LogP contribution in [-0.4, -0.2) is 40.0 Å². The first-order valence-corrected chi connectivity index (χ1v) is 6.79. The summed E-state index contributed by atoms with van der Waals surface area (Å²) < 4.78 is 0. The van der Waals surface area contributed by atoms with Crippen molar-refractivity contribution in [1.82, 2.24) is 5.32 Å². The fraction of sp³-hybridized carbons (Fsp3) is 0.500. The van der Waals surface area contributed by atoms with Crippen molar-refractivity contribution < 1.29 is 20.1 Å². The van der Waals surface area contributed by atoms with Gasteiger partial charge in [0.25, 0.3) is 0 Å². The molecular formula is C14H20ClNO4. The molecule has 0 aliphatic carbocycles. The number of benzene rings is 1. The highest BCUT2D eigenvalue weighted by molar-refractivity contribution is 6.32. The predicted molar refractivity (Wildman–Crippen MR) is 76.8 cm³/mol. The number of halogens is 1. The van der Waals surface area contributed by atoms with Crippen LogP contribution in [0.3, 0.4) is 0 Å². The molecule has 0 spiro atoms. The zero-order chi connectivity index (χ0) is 15.2. The Labute approximate surface area is 123 Å². The highest BCUT2D eigenvalue weighted by atomic mass is 35.5. The van der Waals surface area contributed by atoms with E-state index in [1.807, 2.05) is 0 Å². The van der Waals surface area contributed by atoms with E-state index in [2.05, 4.69) is 5.32 Å². The van der Waals surface area contributed by atoms with Gasteiger partial charge in [0.2, 0.25) is 5.91 Å². The largest absolute Gasteiger partial charge is 0.506 e. The van der Waals surface area contributed by atoms with Crippen LogP contribution in [0.25, 0.3) is 0 Å². The van der Waals surface area contributed by atoms with Crippen molar-refractivity contribution in [3.05, 3.63) is 28.8 Å². The van der Waals surface area contributed by atoms with Gasteiger partial charge in [-0.05, 0) is 37.5 Å². The fourth-order valence-corrected chi connectivity index (χ4v) is 1.95. The molecule has 0 bridgehead atoms. The highest BCUT2D eigenvalue weighted by Gasteiger charge is 2.20. The Bertz CT molecular complexity index is 462. The summed E-state index contributed by atoms with van der Waals surface area (Å²) in [6.45, 7) is 1.74. The zero-order valence-corrected chi connectivity index (χ0v) is 12.2. The zero-order valence-electron chi connectivity index (χ0n) is 11.4. The van der Waals surface area contributed by atoms with E-state index in [1.165, 1.54) is 12.1 Å². The molecule has 0 saturated heterocycles. The summed E-state index contributed by atoms with van der Waals surface area (Å²) in [5.41, 5.74) is -0.356. The molecule has 112 valence electrons. The number of aliphatic hydroxyl groups is 2. The molecule has 1 rings (SSSR count). The third-order valence-electron chi connectivity index (χ3n) is 2.92. The van der Waals surface area contributed by atoms with Crippen molar-refractivity contribution in [3.63, 3.8) is 0 Å². The Morgan fingerprint density at radius 2 is 2.15 bits per heavy atom. The van der Waals surface area contributed by atoms with Gasteiger partial charge >= 0.3 is 0 Å². The second kappa shape index (κ2) is 7.47. The third kappa shape index (κ3) is 5.77. The molecule has 0 aromatic heterocycles. The SMILES string of the molecule is C[C@@](O)(CCCO)CNC(=O)Cc1ccc(O)c(Cl)c1. The molecule has 0 radical (unpaired) electrons. The van der Waals surface area contributed by atoms with E-state index >= 15 is 0 Å². The van der Waals surface area contributed by atoms with Crippen molar-refractivity contribution in [3.8, 4) is 5.75 Å². The normalized spacial score (nSPS) is 13.8. The second-order valence-corrected chi connectivity index (χ2v) is 5.47. The van der Waals surface area contributed by atoms with Crippen LogP contribution in [0.15, 0.2) is 18.2 Å². The van der Waals surface area contributed by atoms with Gasteiger partial charge in [0.15, 0.2) is 0 Å². The number of phenols is 1. The highest BCUT2D eigenvalue weighted by Crippen LogP contribution is 2.23. The standard InChI is InChI=1S/C14H20ClNO4/c1-14(20,5-2-6-17)9-16-13(19)8-10-3-4-12(18)11(15)7-10/h3-4,7,17-18,20H,2,5-6,8-9H2,1H3,(H,16,19)/t14-/m1/s1. The number of carbonyl (C=O) groups is 1. The average Bonchev–Trinajstić information content (AvgIpc) is 2.39. The van der Waals surface area contributed by atoms with Crippen molar-refractivity contribution in [2.45, 2.75) is 31.8 Å². The summed E-state index contributed by atoms with van der Waals surface area (Å²) in [5, 5.41) is 30.8. The molecule has 1 amide bonds. The van der Waals surface area contributed by atoms with Crippen molar-refractivity contribution in [1.29, 1.82) is 0 Å². The summed E-state index contributed by atoms with van der Waals surface area (Å²) in [6.07, 6.45) is 1.02. The first-order valence-electron chi connectivity index (χ1n) is 6.41. The number of carbonyl (C=O) groups excluding carboxylic acids is 1. The Morgan fingerprint density at radius 1 is 1.45 bits per heavy atom. The maximum atomic E-state index is 11.8. The van der Waals surface area contributed by atoms with Gasteiger partial charge in [-0.3, -0.25) is 4.79 Å². The summed E-state index contributed by atoms with van der Waals surface area (Å²) >= 11 is 5.76. The molecule has 1 atom stereocenters. The summed E-state index contributed by atoms with van der Waals surface area (Å²) in [7, 11) is 0. The first kappa shape index (κ1) is 16.8. The number of hydrogen-bond acceptors (Lipinski definition) is 4. The van der Waals surface area contributed by atoms with Crippen molar-refractivity contribution in [2.75, 3.05) is 13.2 Å². The fourth-order valence-electron chi connectivity index (χ4n) is 1.75. The van der Waals surface area contributed by atoms with Gasteiger partial charge in [0.1, 0.15) is 5.75 Å². The lowest BCUT2D eigenvalue weighted by molar-refractivity contribution is -0.121. The Balaban J connectivity index is 2.45. The van der Waals surface area contributed by atoms with Gasteiger partial charge in [0.05, 0.1) is 17.0 Å². The smallest absolute Gasteiger partial charge is 0.224 e. The lowest BCUT2D eigenvalue weighted by Crippen LogP contribution is -2.41. The molecule has 0 heterocycles. The van der Waals surface area contributed by atoms with E-state index in [1.54, 1.807) is 13.0 Å². The van der Waals surface area contributed by atoms with Crippen molar-refractivity contribution >= 4 is 17.5 Å². The van der Waals surface area contributed by atoms with E-state index in [0.717, 1.165) is 0 Å². The number of hydrogen-bond donors (Lipinski definition) is 4. The number of amides is 1. The lowest BCUT2D eigenvalue weighted by Gasteiger charge is -2.23. The number of nitrogens with one attached hydrogen (secondary N) is 1. The van der Waals surface area contributed by atoms with Crippen LogP contribution in [-0.2, 0) is 11.2 Å². The van der Waals surface area contributed by atoms with Crippen LogP contribution in [0, 0.1) is 0 Å².